The number of nitrogens with two attached hydrogens (primary N) is 1. The van der Waals surface area contributed by atoms with E-state index >= 15 is 0 Å². The molecule has 24 heavy (non-hydrogen) atoms. The largest absolute Gasteiger partial charge is 0.442 e. The van der Waals surface area contributed by atoms with Crippen LogP contribution in [0.25, 0.3) is 12.2 Å². The van der Waals surface area contributed by atoms with Gasteiger partial charge in [0.25, 0.3) is 0 Å². The fraction of sp³-hybridized carbons (Fsp3) is 0.294. The van der Waals surface area contributed by atoms with Crippen LogP contribution in [0.1, 0.15) is 41.5 Å². The summed E-state index contributed by atoms with van der Waals surface area (Å²) in [4.78, 5) is 13.4. The van der Waals surface area contributed by atoms with E-state index in [9.17, 15) is 0 Å². The molecular formula is C17H23N5O2. The highest BCUT2D eigenvalue weighted by Gasteiger charge is 2.26. The van der Waals surface area contributed by atoms with E-state index in [4.69, 9.17) is 9.21 Å². The average molecular weight is 329 g/mol. The van der Waals surface area contributed by atoms with E-state index in [0.29, 0.717) is 12.3 Å². The summed E-state index contributed by atoms with van der Waals surface area (Å²) in [6, 6.07) is 6.44. The first kappa shape index (κ1) is 17.7. The van der Waals surface area contributed by atoms with Crippen molar-refractivity contribution in [2.24, 2.45) is 5.84 Å². The molecule has 1 fully saturated rings. The summed E-state index contributed by atoms with van der Waals surface area (Å²) in [5.74, 6) is 6.76. The van der Waals surface area contributed by atoms with Crippen LogP contribution in [0.4, 0.5) is 5.69 Å². The number of carbonyl (C=O) groups excluding carboxylic acids is 1. The Bertz CT molecular complexity index is 692. The van der Waals surface area contributed by atoms with E-state index in [1.165, 1.54) is 24.0 Å². The molecule has 0 radical (unpaired) electrons. The molecule has 3 rings (SSSR count). The SMILES string of the molecule is CNc1cccc(C2CC2)c1/C=C/c1ncc(C)o1.NNNC=O. The third-order valence-corrected chi connectivity index (χ3v) is 3.60. The Kier molecular flexibility index (Phi) is 6.53. The summed E-state index contributed by atoms with van der Waals surface area (Å²) in [6.07, 6.45) is 8.82. The van der Waals surface area contributed by atoms with E-state index in [1.54, 1.807) is 6.20 Å². The molecule has 5 N–H and O–H groups in total. The highest BCUT2D eigenvalue weighted by atomic mass is 16.3. The zero-order valence-corrected chi connectivity index (χ0v) is 13.9. The third kappa shape index (κ3) is 4.94. The Balaban J connectivity index is 0.000000368. The second-order valence-electron chi connectivity index (χ2n) is 5.38. The van der Waals surface area contributed by atoms with Crippen LogP contribution in [0.3, 0.4) is 0 Å². The van der Waals surface area contributed by atoms with Gasteiger partial charge in [0.15, 0.2) is 0 Å². The van der Waals surface area contributed by atoms with Gasteiger partial charge in [0.1, 0.15) is 5.76 Å². The first-order valence-corrected chi connectivity index (χ1v) is 7.75. The summed E-state index contributed by atoms with van der Waals surface area (Å²) < 4.78 is 5.48. The summed E-state index contributed by atoms with van der Waals surface area (Å²) in [5, 5.41) is 3.26. The molecule has 0 unspecified atom stereocenters. The molecule has 0 atom stereocenters. The van der Waals surface area contributed by atoms with Gasteiger partial charge in [-0.2, -0.15) is 5.53 Å². The Morgan fingerprint density at radius 2 is 2.12 bits per heavy atom. The van der Waals surface area contributed by atoms with Gasteiger partial charge in [-0.25, -0.2) is 4.98 Å². The van der Waals surface area contributed by atoms with Gasteiger partial charge in [-0.3, -0.25) is 16.1 Å². The van der Waals surface area contributed by atoms with Crippen LogP contribution in [0, 0.1) is 6.92 Å². The summed E-state index contributed by atoms with van der Waals surface area (Å²) in [6.45, 7) is 1.90. The lowest BCUT2D eigenvalue weighted by atomic mass is 10.0. The number of carbonyl (C=O) groups is 1. The van der Waals surface area contributed by atoms with Crippen LogP contribution in [0.15, 0.2) is 28.8 Å². The van der Waals surface area contributed by atoms with Crippen molar-refractivity contribution in [2.45, 2.75) is 25.7 Å². The minimum Gasteiger partial charge on any atom is -0.442 e. The standard InChI is InChI=1S/C16H18N2O.CH5N3O/c1-11-10-18-16(19-11)9-8-14-13(12-6-7-12)4-3-5-15(14)17-2;2-4-3-1-5/h3-5,8-10,12,17H,6-7H2,1-2H3;1,4H,2H2,(H,3,5)/b9-8+;. The topological polar surface area (TPSA) is 105 Å². The number of amides is 1. The van der Waals surface area contributed by atoms with Crippen LogP contribution < -0.4 is 22.1 Å². The summed E-state index contributed by atoms with van der Waals surface area (Å²) in [5.41, 5.74) is 7.69. The number of hydrogen-bond donors (Lipinski definition) is 4. The second kappa shape index (κ2) is 8.85. The number of aryl methyl sites for hydroxylation is 1. The highest BCUT2D eigenvalue weighted by Crippen LogP contribution is 2.43. The molecule has 0 saturated heterocycles. The Hall–Kier alpha value is -2.64. The van der Waals surface area contributed by atoms with Crippen molar-refractivity contribution in [2.75, 3.05) is 12.4 Å². The molecule has 1 saturated carbocycles. The molecular weight excluding hydrogens is 306 g/mol. The Morgan fingerprint density at radius 1 is 1.33 bits per heavy atom. The molecule has 1 aromatic carbocycles. The minimum atomic E-state index is 0.444. The van der Waals surface area contributed by atoms with Crippen LogP contribution in [-0.4, -0.2) is 18.4 Å². The van der Waals surface area contributed by atoms with E-state index in [-0.39, 0.29) is 0 Å². The van der Waals surface area contributed by atoms with Crippen molar-refractivity contribution in [1.29, 1.82) is 0 Å². The van der Waals surface area contributed by atoms with Gasteiger partial charge in [-0.05, 0) is 43.4 Å². The van der Waals surface area contributed by atoms with E-state index in [1.807, 2.05) is 31.0 Å². The summed E-state index contributed by atoms with van der Waals surface area (Å²) in [7, 11) is 1.96. The maximum absolute atomic E-state index is 9.15. The van der Waals surface area contributed by atoms with Crippen molar-refractivity contribution in [3.05, 3.63) is 47.2 Å². The van der Waals surface area contributed by atoms with Crippen LogP contribution >= 0.6 is 0 Å². The number of hydrogen-bond acceptors (Lipinski definition) is 6. The van der Waals surface area contributed by atoms with Crippen LogP contribution in [0.5, 0.6) is 0 Å². The number of nitrogens with zero attached hydrogens (tertiary/aromatic N) is 1. The number of oxazole rings is 1. The molecule has 1 aliphatic rings. The van der Waals surface area contributed by atoms with Crippen molar-refractivity contribution in [3.8, 4) is 0 Å². The molecule has 1 heterocycles. The van der Waals surface area contributed by atoms with Gasteiger partial charge in [0, 0.05) is 24.4 Å². The third-order valence-electron chi connectivity index (χ3n) is 3.60. The first-order chi connectivity index (χ1) is 11.7. The normalized spacial score (nSPS) is 13.3. The van der Waals surface area contributed by atoms with Crippen LogP contribution in [-0.2, 0) is 4.79 Å². The second-order valence-corrected chi connectivity index (χ2v) is 5.38. The Morgan fingerprint density at radius 3 is 2.62 bits per heavy atom. The lowest BCUT2D eigenvalue weighted by molar-refractivity contribution is -0.110. The van der Waals surface area contributed by atoms with Crippen molar-refractivity contribution >= 4 is 24.2 Å². The lowest BCUT2D eigenvalue weighted by Gasteiger charge is -2.10. The summed E-state index contributed by atoms with van der Waals surface area (Å²) >= 11 is 0. The predicted octanol–water partition coefficient (Wildman–Crippen LogP) is 2.18. The zero-order valence-electron chi connectivity index (χ0n) is 13.9. The number of anilines is 1. The molecule has 1 aromatic heterocycles. The maximum Gasteiger partial charge on any atom is 0.222 e. The van der Waals surface area contributed by atoms with E-state index in [0.717, 1.165) is 17.4 Å². The van der Waals surface area contributed by atoms with Crippen LogP contribution in [0.2, 0.25) is 0 Å². The number of aromatic nitrogens is 1. The first-order valence-electron chi connectivity index (χ1n) is 7.75. The van der Waals surface area contributed by atoms with Gasteiger partial charge < -0.3 is 9.73 Å². The van der Waals surface area contributed by atoms with Crippen molar-refractivity contribution < 1.29 is 9.21 Å². The quantitative estimate of drug-likeness (QED) is 0.368. The van der Waals surface area contributed by atoms with Gasteiger partial charge >= 0.3 is 0 Å². The smallest absolute Gasteiger partial charge is 0.222 e. The lowest BCUT2D eigenvalue weighted by Crippen LogP contribution is -2.36. The maximum atomic E-state index is 9.15. The van der Waals surface area contributed by atoms with Gasteiger partial charge in [-0.1, -0.05) is 12.1 Å². The molecule has 0 aliphatic heterocycles. The van der Waals surface area contributed by atoms with Gasteiger partial charge in [0.05, 0.1) is 6.20 Å². The molecule has 1 aliphatic carbocycles. The molecule has 0 spiro atoms. The molecule has 1 amide bonds. The fourth-order valence-electron chi connectivity index (χ4n) is 2.38. The molecule has 0 bridgehead atoms. The highest BCUT2D eigenvalue weighted by molar-refractivity contribution is 5.77. The molecule has 2 aromatic rings. The zero-order chi connectivity index (χ0) is 17.4. The fourth-order valence-corrected chi connectivity index (χ4v) is 2.38. The van der Waals surface area contributed by atoms with Gasteiger partial charge in [-0.15, -0.1) is 0 Å². The van der Waals surface area contributed by atoms with E-state index < -0.39 is 0 Å². The Labute approximate surface area is 141 Å². The average Bonchev–Trinajstić information content (AvgIpc) is 3.36. The van der Waals surface area contributed by atoms with E-state index in [2.05, 4.69) is 40.4 Å². The van der Waals surface area contributed by atoms with Crippen molar-refractivity contribution in [3.63, 3.8) is 0 Å². The number of hydrazine groups is 2. The molecule has 128 valence electrons. The minimum absolute atomic E-state index is 0.444. The predicted molar refractivity (Wildman–Crippen MR) is 94.7 cm³/mol. The monoisotopic (exact) mass is 329 g/mol. The number of benzene rings is 1. The molecule has 7 nitrogen and oxygen atoms in total. The van der Waals surface area contributed by atoms with Gasteiger partial charge in [0.2, 0.25) is 12.3 Å². The number of nitrogens with one attached hydrogen (secondary N) is 3. The molecule has 7 heteroatoms. The van der Waals surface area contributed by atoms with Crippen molar-refractivity contribution in [1.82, 2.24) is 15.9 Å². The number of rotatable bonds is 6.